The zero-order chi connectivity index (χ0) is 16.2. The molecule has 0 N–H and O–H groups in total. The van der Waals surface area contributed by atoms with Gasteiger partial charge < -0.3 is 9.64 Å². The number of carbonyl (C=O) groups is 1. The number of nitro groups is 1. The van der Waals surface area contributed by atoms with Gasteiger partial charge in [0, 0.05) is 13.1 Å². The summed E-state index contributed by atoms with van der Waals surface area (Å²) in [5.41, 5.74) is -1.94. The average Bonchev–Trinajstić information content (AvgIpc) is 2.36. The summed E-state index contributed by atoms with van der Waals surface area (Å²) in [5, 5.41) is 10.9. The highest BCUT2D eigenvalue weighted by Crippen LogP contribution is 2.36. The van der Waals surface area contributed by atoms with Gasteiger partial charge in [0.1, 0.15) is 12.2 Å². The molecule has 9 heteroatoms. The zero-order valence-corrected chi connectivity index (χ0v) is 11.3. The lowest BCUT2D eigenvalue weighted by Crippen LogP contribution is -2.27. The Morgan fingerprint density at radius 2 is 2.05 bits per heavy atom. The molecule has 0 unspecified atom stereocenters. The van der Waals surface area contributed by atoms with Crippen molar-refractivity contribution in [3.05, 3.63) is 33.9 Å². The van der Waals surface area contributed by atoms with Crippen LogP contribution in [0.1, 0.15) is 12.5 Å². The van der Waals surface area contributed by atoms with E-state index in [1.54, 1.807) is 6.92 Å². The molecular weight excluding hydrogens is 293 g/mol. The smallest absolute Gasteiger partial charge is 0.416 e. The van der Waals surface area contributed by atoms with Crippen LogP contribution in [0.15, 0.2) is 18.2 Å². The molecular formula is C12H13F3N2O4. The van der Waals surface area contributed by atoms with Crippen molar-refractivity contribution < 1.29 is 27.6 Å². The van der Waals surface area contributed by atoms with Gasteiger partial charge in [-0.3, -0.25) is 14.9 Å². The quantitative estimate of drug-likeness (QED) is 0.475. The first-order valence-electron chi connectivity index (χ1n) is 5.89. The third-order valence-corrected chi connectivity index (χ3v) is 2.58. The van der Waals surface area contributed by atoms with Crippen LogP contribution < -0.4 is 4.90 Å². The largest absolute Gasteiger partial charge is 0.465 e. The van der Waals surface area contributed by atoms with Crippen molar-refractivity contribution in [1.29, 1.82) is 0 Å². The summed E-state index contributed by atoms with van der Waals surface area (Å²) < 4.78 is 42.4. The van der Waals surface area contributed by atoms with Crippen molar-refractivity contribution >= 4 is 17.3 Å². The lowest BCUT2D eigenvalue weighted by molar-refractivity contribution is -0.384. The van der Waals surface area contributed by atoms with Crippen LogP contribution in [0.5, 0.6) is 0 Å². The van der Waals surface area contributed by atoms with Gasteiger partial charge in [0.25, 0.3) is 5.69 Å². The molecule has 6 nitrogen and oxygen atoms in total. The van der Waals surface area contributed by atoms with Gasteiger partial charge in [-0.15, -0.1) is 0 Å². The van der Waals surface area contributed by atoms with Gasteiger partial charge >= 0.3 is 12.1 Å². The number of benzene rings is 1. The van der Waals surface area contributed by atoms with Gasteiger partial charge in [0.15, 0.2) is 0 Å². The van der Waals surface area contributed by atoms with Crippen LogP contribution in [-0.4, -0.2) is 31.1 Å². The number of hydrogen-bond donors (Lipinski definition) is 0. The Morgan fingerprint density at radius 1 is 1.43 bits per heavy atom. The number of anilines is 1. The Balaban J connectivity index is 3.12. The van der Waals surface area contributed by atoms with E-state index >= 15 is 0 Å². The van der Waals surface area contributed by atoms with Crippen LogP contribution >= 0.6 is 0 Å². The number of carbonyl (C=O) groups excluding carboxylic acids is 1. The molecule has 0 saturated heterocycles. The van der Waals surface area contributed by atoms with E-state index in [0.29, 0.717) is 6.07 Å². The summed E-state index contributed by atoms with van der Waals surface area (Å²) in [4.78, 5) is 22.5. The van der Waals surface area contributed by atoms with Gasteiger partial charge in [-0.25, -0.2) is 0 Å². The van der Waals surface area contributed by atoms with E-state index < -0.39 is 28.3 Å². The molecule has 116 valence electrons. The summed E-state index contributed by atoms with van der Waals surface area (Å²) in [6.45, 7) is 1.43. The highest BCUT2D eigenvalue weighted by molar-refractivity contribution is 5.77. The van der Waals surface area contributed by atoms with Crippen molar-refractivity contribution in [2.24, 2.45) is 0 Å². The second-order valence-corrected chi connectivity index (χ2v) is 4.12. The maximum atomic E-state index is 12.6. The van der Waals surface area contributed by atoms with Gasteiger partial charge in [-0.1, -0.05) is 0 Å². The number of ether oxygens (including phenoxy) is 1. The van der Waals surface area contributed by atoms with Gasteiger partial charge in [-0.05, 0) is 19.1 Å². The van der Waals surface area contributed by atoms with Crippen molar-refractivity contribution in [3.8, 4) is 0 Å². The minimum Gasteiger partial charge on any atom is -0.465 e. The molecule has 0 spiro atoms. The predicted octanol–water partition coefficient (Wildman–Crippen LogP) is 2.61. The number of rotatable bonds is 5. The van der Waals surface area contributed by atoms with E-state index in [4.69, 9.17) is 0 Å². The molecule has 1 rings (SSSR count). The van der Waals surface area contributed by atoms with Crippen molar-refractivity contribution in [2.45, 2.75) is 13.1 Å². The van der Waals surface area contributed by atoms with Gasteiger partial charge in [-0.2, -0.15) is 13.2 Å². The summed E-state index contributed by atoms with van der Waals surface area (Å²) >= 11 is 0. The SMILES string of the molecule is CCOC(=O)CN(C)c1ccc(C(F)(F)F)cc1[N+](=O)[O-]. The molecule has 0 aliphatic rings. The van der Waals surface area contributed by atoms with E-state index in [1.165, 1.54) is 7.05 Å². The van der Waals surface area contributed by atoms with Crippen LogP contribution in [-0.2, 0) is 15.7 Å². The second kappa shape index (κ2) is 6.42. The first-order valence-corrected chi connectivity index (χ1v) is 5.89. The second-order valence-electron chi connectivity index (χ2n) is 4.12. The fourth-order valence-corrected chi connectivity index (χ4v) is 1.65. The van der Waals surface area contributed by atoms with Crippen LogP contribution in [0.4, 0.5) is 24.5 Å². The van der Waals surface area contributed by atoms with Gasteiger partial charge in [0.05, 0.1) is 17.1 Å². The fourth-order valence-electron chi connectivity index (χ4n) is 1.65. The maximum absolute atomic E-state index is 12.6. The van der Waals surface area contributed by atoms with Crippen molar-refractivity contribution in [3.63, 3.8) is 0 Å². The van der Waals surface area contributed by atoms with Crippen LogP contribution in [0.3, 0.4) is 0 Å². The molecule has 0 saturated carbocycles. The normalized spacial score (nSPS) is 11.1. The third-order valence-electron chi connectivity index (χ3n) is 2.58. The topological polar surface area (TPSA) is 72.7 Å². The molecule has 1 aromatic rings. The first-order chi connectivity index (χ1) is 9.66. The number of nitro benzene ring substituents is 1. The lowest BCUT2D eigenvalue weighted by atomic mass is 10.1. The molecule has 0 radical (unpaired) electrons. The summed E-state index contributed by atoms with van der Waals surface area (Å²) in [7, 11) is 1.35. The van der Waals surface area contributed by atoms with Crippen LogP contribution in [0.2, 0.25) is 0 Å². The van der Waals surface area contributed by atoms with E-state index in [0.717, 1.165) is 17.0 Å². The Hall–Kier alpha value is -2.32. The number of hydrogen-bond acceptors (Lipinski definition) is 5. The van der Waals surface area contributed by atoms with Gasteiger partial charge in [0.2, 0.25) is 0 Å². The van der Waals surface area contributed by atoms with Crippen molar-refractivity contribution in [1.82, 2.24) is 0 Å². The minimum atomic E-state index is -4.68. The van der Waals surface area contributed by atoms with E-state index in [9.17, 15) is 28.1 Å². The van der Waals surface area contributed by atoms with E-state index in [2.05, 4.69) is 4.74 Å². The number of halogens is 3. The Morgan fingerprint density at radius 3 is 2.52 bits per heavy atom. The summed E-state index contributed by atoms with van der Waals surface area (Å²) in [6.07, 6.45) is -4.68. The summed E-state index contributed by atoms with van der Waals surface area (Å²) in [5.74, 6) is -0.630. The van der Waals surface area contributed by atoms with Crippen LogP contribution in [0, 0.1) is 10.1 Å². The Bertz CT molecular complexity index is 546. The maximum Gasteiger partial charge on any atom is 0.416 e. The monoisotopic (exact) mass is 306 g/mol. The molecule has 0 aliphatic carbocycles. The number of alkyl halides is 3. The zero-order valence-electron chi connectivity index (χ0n) is 11.3. The fraction of sp³-hybridized carbons (Fsp3) is 0.417. The molecule has 0 atom stereocenters. The minimum absolute atomic E-state index is 0.0962. The molecule has 0 aliphatic heterocycles. The highest BCUT2D eigenvalue weighted by Gasteiger charge is 2.33. The average molecular weight is 306 g/mol. The third kappa shape index (κ3) is 4.33. The Kier molecular flexibility index (Phi) is 5.12. The molecule has 0 fully saturated rings. The molecule has 0 amide bonds. The molecule has 0 heterocycles. The predicted molar refractivity (Wildman–Crippen MR) is 68.0 cm³/mol. The molecule has 0 bridgehead atoms. The standard InChI is InChI=1S/C12H13F3N2O4/c1-3-21-11(18)7-16(2)9-5-4-8(12(13,14)15)6-10(9)17(19)20/h4-6H,3,7H2,1-2H3. The van der Waals surface area contributed by atoms with E-state index in [1.807, 2.05) is 0 Å². The van der Waals surface area contributed by atoms with Crippen molar-refractivity contribution in [2.75, 3.05) is 25.1 Å². The van der Waals surface area contributed by atoms with E-state index in [-0.39, 0.29) is 18.8 Å². The lowest BCUT2D eigenvalue weighted by Gasteiger charge is -2.18. The number of nitrogens with zero attached hydrogens (tertiary/aromatic N) is 2. The molecule has 21 heavy (non-hydrogen) atoms. The first kappa shape index (κ1) is 16.7. The molecule has 1 aromatic carbocycles. The molecule has 0 aromatic heterocycles. The number of likely N-dealkylation sites (N-methyl/N-ethyl adjacent to an activating group) is 1. The van der Waals surface area contributed by atoms with Crippen LogP contribution in [0.25, 0.3) is 0 Å². The summed E-state index contributed by atoms with van der Waals surface area (Å²) in [6, 6.07) is 2.13. The highest BCUT2D eigenvalue weighted by atomic mass is 19.4. The Labute approximate surface area is 118 Å². The number of esters is 1.